The van der Waals surface area contributed by atoms with E-state index in [4.69, 9.17) is 5.73 Å². The summed E-state index contributed by atoms with van der Waals surface area (Å²) in [5.41, 5.74) is 5.63. The number of rotatable bonds is 1. The Morgan fingerprint density at radius 1 is 1.40 bits per heavy atom. The van der Waals surface area contributed by atoms with Gasteiger partial charge in [-0.25, -0.2) is 0 Å². The normalized spacial score (nSPS) is 45.9. The van der Waals surface area contributed by atoms with Crippen molar-refractivity contribution in [1.82, 2.24) is 5.32 Å². The van der Waals surface area contributed by atoms with Gasteiger partial charge >= 0.3 is 0 Å². The van der Waals surface area contributed by atoms with Crippen LogP contribution >= 0.6 is 0 Å². The smallest absolute Gasteiger partial charge is 0.0221 e. The van der Waals surface area contributed by atoms with Crippen molar-refractivity contribution in [3.05, 3.63) is 0 Å². The van der Waals surface area contributed by atoms with E-state index in [9.17, 15) is 0 Å². The van der Waals surface area contributed by atoms with Crippen molar-refractivity contribution >= 4 is 0 Å². The fourth-order valence-electron chi connectivity index (χ4n) is 2.56. The van der Waals surface area contributed by atoms with Crippen molar-refractivity contribution in [2.45, 2.75) is 25.3 Å². The summed E-state index contributed by atoms with van der Waals surface area (Å²) in [7, 11) is 0. The average molecular weight is 140 g/mol. The van der Waals surface area contributed by atoms with Gasteiger partial charge in [-0.2, -0.15) is 0 Å². The lowest BCUT2D eigenvalue weighted by Gasteiger charge is -2.14. The molecule has 2 heteroatoms. The summed E-state index contributed by atoms with van der Waals surface area (Å²) in [4.78, 5) is 0. The maximum Gasteiger partial charge on any atom is 0.0221 e. The molecule has 0 aromatic heterocycles. The third kappa shape index (κ3) is 0.867. The highest BCUT2D eigenvalue weighted by atomic mass is 15.0. The van der Waals surface area contributed by atoms with Gasteiger partial charge in [0.05, 0.1) is 0 Å². The van der Waals surface area contributed by atoms with Gasteiger partial charge in [0, 0.05) is 12.6 Å². The van der Waals surface area contributed by atoms with Gasteiger partial charge in [0.1, 0.15) is 0 Å². The van der Waals surface area contributed by atoms with Crippen molar-refractivity contribution in [2.24, 2.45) is 17.6 Å². The fourth-order valence-corrected chi connectivity index (χ4v) is 2.56. The lowest BCUT2D eigenvalue weighted by atomic mass is 9.94. The molecule has 1 aliphatic carbocycles. The molecule has 3 atom stereocenters. The van der Waals surface area contributed by atoms with Crippen LogP contribution in [-0.4, -0.2) is 19.1 Å². The zero-order valence-electron chi connectivity index (χ0n) is 6.34. The Kier molecular flexibility index (Phi) is 1.66. The predicted molar refractivity (Wildman–Crippen MR) is 41.7 cm³/mol. The van der Waals surface area contributed by atoms with Crippen LogP contribution in [0.4, 0.5) is 0 Å². The molecule has 58 valence electrons. The maximum atomic E-state index is 5.63. The van der Waals surface area contributed by atoms with Crippen LogP contribution in [0.3, 0.4) is 0 Å². The van der Waals surface area contributed by atoms with Crippen LogP contribution < -0.4 is 11.1 Å². The van der Waals surface area contributed by atoms with Gasteiger partial charge in [-0.05, 0) is 31.2 Å². The van der Waals surface area contributed by atoms with Crippen LogP contribution in [0.25, 0.3) is 0 Å². The molecule has 1 aliphatic heterocycles. The summed E-state index contributed by atoms with van der Waals surface area (Å²) in [6, 6.07) is 0.646. The summed E-state index contributed by atoms with van der Waals surface area (Å²) < 4.78 is 0. The first kappa shape index (κ1) is 6.62. The molecule has 1 saturated heterocycles. The topological polar surface area (TPSA) is 38.0 Å². The van der Waals surface area contributed by atoms with Gasteiger partial charge in [-0.3, -0.25) is 0 Å². The van der Waals surface area contributed by atoms with Crippen LogP contribution in [0.15, 0.2) is 0 Å². The Morgan fingerprint density at radius 3 is 3.10 bits per heavy atom. The largest absolute Gasteiger partial charge is 0.329 e. The standard InChI is InChI=1S/C8H16N2/c9-4-8-7-3-1-2-6(7)5-10-8/h6-8,10H,1-5,9H2. The lowest BCUT2D eigenvalue weighted by molar-refractivity contribution is 0.417. The highest BCUT2D eigenvalue weighted by molar-refractivity contribution is 4.94. The zero-order valence-corrected chi connectivity index (χ0v) is 6.34. The number of hydrogen-bond donors (Lipinski definition) is 2. The van der Waals surface area contributed by atoms with E-state index < -0.39 is 0 Å². The SMILES string of the molecule is NCC1NCC2CCCC21. The van der Waals surface area contributed by atoms with Crippen molar-refractivity contribution in [2.75, 3.05) is 13.1 Å². The highest BCUT2D eigenvalue weighted by Crippen LogP contribution is 2.37. The molecule has 2 fully saturated rings. The van der Waals surface area contributed by atoms with Crippen LogP contribution in [0.2, 0.25) is 0 Å². The molecule has 2 aliphatic rings. The van der Waals surface area contributed by atoms with Gasteiger partial charge in [0.2, 0.25) is 0 Å². The third-order valence-electron chi connectivity index (χ3n) is 3.13. The van der Waals surface area contributed by atoms with Crippen LogP contribution in [0.5, 0.6) is 0 Å². The van der Waals surface area contributed by atoms with E-state index in [2.05, 4.69) is 5.32 Å². The molecule has 0 amide bonds. The minimum Gasteiger partial charge on any atom is -0.329 e. The Bertz CT molecular complexity index is 124. The average Bonchev–Trinajstić information content (AvgIpc) is 2.44. The molecule has 0 spiro atoms. The summed E-state index contributed by atoms with van der Waals surface area (Å²) in [6.45, 7) is 2.06. The maximum absolute atomic E-state index is 5.63. The molecule has 10 heavy (non-hydrogen) atoms. The quantitative estimate of drug-likeness (QED) is 0.551. The molecule has 0 aromatic rings. The van der Waals surface area contributed by atoms with Crippen molar-refractivity contribution in [3.8, 4) is 0 Å². The third-order valence-corrected chi connectivity index (χ3v) is 3.13. The van der Waals surface area contributed by atoms with Gasteiger partial charge in [0.15, 0.2) is 0 Å². The van der Waals surface area contributed by atoms with Crippen LogP contribution in [0.1, 0.15) is 19.3 Å². The minimum absolute atomic E-state index is 0.646. The van der Waals surface area contributed by atoms with E-state index in [0.717, 1.165) is 18.4 Å². The summed E-state index contributed by atoms with van der Waals surface area (Å²) in [5.74, 6) is 1.89. The summed E-state index contributed by atoms with van der Waals surface area (Å²) in [5, 5.41) is 3.48. The zero-order chi connectivity index (χ0) is 6.97. The van der Waals surface area contributed by atoms with E-state index >= 15 is 0 Å². The van der Waals surface area contributed by atoms with Gasteiger partial charge in [-0.15, -0.1) is 0 Å². The second kappa shape index (κ2) is 2.51. The minimum atomic E-state index is 0.646. The Hall–Kier alpha value is -0.0800. The molecule has 2 rings (SSSR count). The summed E-state index contributed by atoms with van der Waals surface area (Å²) >= 11 is 0. The molecule has 0 radical (unpaired) electrons. The van der Waals surface area contributed by atoms with E-state index in [0.29, 0.717) is 6.04 Å². The van der Waals surface area contributed by atoms with Crippen molar-refractivity contribution in [1.29, 1.82) is 0 Å². The van der Waals surface area contributed by atoms with E-state index in [-0.39, 0.29) is 0 Å². The molecule has 1 saturated carbocycles. The first-order valence-electron chi connectivity index (χ1n) is 4.35. The highest BCUT2D eigenvalue weighted by Gasteiger charge is 2.37. The van der Waals surface area contributed by atoms with Crippen LogP contribution in [0, 0.1) is 11.8 Å². The number of fused-ring (bicyclic) bond motifs is 1. The molecule has 0 bridgehead atoms. The molecular weight excluding hydrogens is 124 g/mol. The molecule has 2 nitrogen and oxygen atoms in total. The number of hydrogen-bond acceptors (Lipinski definition) is 2. The van der Waals surface area contributed by atoms with E-state index in [1.807, 2.05) is 0 Å². The molecule has 0 aromatic carbocycles. The first-order chi connectivity index (χ1) is 4.92. The monoisotopic (exact) mass is 140 g/mol. The Labute approximate surface area is 62.2 Å². The predicted octanol–water partition coefficient (Wildman–Crippen LogP) is 0.333. The molecular formula is C8H16N2. The van der Waals surface area contributed by atoms with Crippen molar-refractivity contribution < 1.29 is 0 Å². The van der Waals surface area contributed by atoms with Crippen LogP contribution in [-0.2, 0) is 0 Å². The van der Waals surface area contributed by atoms with Gasteiger partial charge in [-0.1, -0.05) is 6.42 Å². The van der Waals surface area contributed by atoms with Gasteiger partial charge < -0.3 is 11.1 Å². The Balaban J connectivity index is 2.01. The van der Waals surface area contributed by atoms with E-state index in [1.54, 1.807) is 0 Å². The van der Waals surface area contributed by atoms with Crippen molar-refractivity contribution in [3.63, 3.8) is 0 Å². The lowest BCUT2D eigenvalue weighted by Crippen LogP contribution is -2.34. The second-order valence-electron chi connectivity index (χ2n) is 3.61. The van der Waals surface area contributed by atoms with E-state index in [1.165, 1.54) is 25.8 Å². The Morgan fingerprint density at radius 2 is 2.30 bits per heavy atom. The number of nitrogens with one attached hydrogen (secondary N) is 1. The number of nitrogens with two attached hydrogens (primary N) is 1. The van der Waals surface area contributed by atoms with Gasteiger partial charge in [0.25, 0.3) is 0 Å². The summed E-state index contributed by atoms with van der Waals surface area (Å²) in [6.07, 6.45) is 4.29. The first-order valence-corrected chi connectivity index (χ1v) is 4.35. The molecule has 3 N–H and O–H groups in total. The molecule has 1 heterocycles. The fraction of sp³-hybridized carbons (Fsp3) is 1.00. The molecule has 3 unspecified atom stereocenters. The second-order valence-corrected chi connectivity index (χ2v) is 3.61.